The Hall–Kier alpha value is -3.32. The van der Waals surface area contributed by atoms with Crippen molar-refractivity contribution in [1.29, 1.82) is 0 Å². The lowest BCUT2D eigenvalue weighted by molar-refractivity contribution is 0.102. The molecule has 0 radical (unpaired) electrons. The molecule has 166 valence electrons. The van der Waals surface area contributed by atoms with E-state index in [-0.39, 0.29) is 10.8 Å². The number of carbonyl (C=O) groups is 1. The highest BCUT2D eigenvalue weighted by molar-refractivity contribution is 7.92. The summed E-state index contributed by atoms with van der Waals surface area (Å²) >= 11 is 0. The van der Waals surface area contributed by atoms with Crippen LogP contribution in [0, 0.1) is 6.92 Å². The van der Waals surface area contributed by atoms with Crippen LogP contribution in [0.25, 0.3) is 0 Å². The van der Waals surface area contributed by atoms with Gasteiger partial charge < -0.3 is 10.1 Å². The second kappa shape index (κ2) is 9.04. The summed E-state index contributed by atoms with van der Waals surface area (Å²) in [5.74, 6) is 0.487. The van der Waals surface area contributed by atoms with Gasteiger partial charge in [0.2, 0.25) is 0 Å². The monoisotopic (exact) mass is 450 g/mol. The van der Waals surface area contributed by atoms with Crippen molar-refractivity contribution in [2.75, 3.05) is 22.8 Å². The lowest BCUT2D eigenvalue weighted by Gasteiger charge is -2.31. The number of sulfonamides is 1. The normalized spacial score (nSPS) is 13.4. The van der Waals surface area contributed by atoms with E-state index in [9.17, 15) is 13.2 Å². The van der Waals surface area contributed by atoms with Gasteiger partial charge in [0.15, 0.2) is 0 Å². The summed E-state index contributed by atoms with van der Waals surface area (Å²) < 4.78 is 33.3. The van der Waals surface area contributed by atoms with Gasteiger partial charge in [0.25, 0.3) is 15.9 Å². The predicted octanol–water partition coefficient (Wildman–Crippen LogP) is 4.79. The number of aryl methyl sites for hydroxylation is 2. The Morgan fingerprint density at radius 2 is 1.75 bits per heavy atom. The fraction of sp³-hybridized carbons (Fsp3) is 0.240. The van der Waals surface area contributed by atoms with Crippen LogP contribution in [0.4, 0.5) is 11.4 Å². The number of ether oxygens (including phenoxy) is 1. The second-order valence-electron chi connectivity index (χ2n) is 7.75. The van der Waals surface area contributed by atoms with Gasteiger partial charge in [0.05, 0.1) is 17.2 Å². The number of nitrogens with zero attached hydrogens (tertiary/aromatic N) is 1. The molecule has 0 saturated carbocycles. The van der Waals surface area contributed by atoms with E-state index >= 15 is 0 Å². The third kappa shape index (κ3) is 4.48. The minimum absolute atomic E-state index is 0.229. The fourth-order valence-corrected chi connectivity index (χ4v) is 5.34. The molecule has 3 aromatic rings. The van der Waals surface area contributed by atoms with Crippen molar-refractivity contribution >= 4 is 27.3 Å². The zero-order valence-corrected chi connectivity index (χ0v) is 19.0. The van der Waals surface area contributed by atoms with Crippen LogP contribution in [0.2, 0.25) is 0 Å². The molecule has 1 amide bonds. The van der Waals surface area contributed by atoms with E-state index in [0.717, 1.165) is 17.5 Å². The third-order valence-corrected chi connectivity index (χ3v) is 7.28. The number of hydrogen-bond acceptors (Lipinski definition) is 4. The Bertz CT molecular complexity index is 1220. The number of benzene rings is 3. The summed E-state index contributed by atoms with van der Waals surface area (Å²) in [6, 6.07) is 19.2. The lowest BCUT2D eigenvalue weighted by atomic mass is 10.0. The van der Waals surface area contributed by atoms with Crippen molar-refractivity contribution in [1.82, 2.24) is 0 Å². The molecule has 0 unspecified atom stereocenters. The molecule has 3 aromatic carbocycles. The first-order valence-electron chi connectivity index (χ1n) is 10.6. The summed E-state index contributed by atoms with van der Waals surface area (Å²) in [7, 11) is -3.65. The minimum Gasteiger partial charge on any atom is -0.494 e. The van der Waals surface area contributed by atoms with Gasteiger partial charge in [-0.2, -0.15) is 0 Å². The average molecular weight is 451 g/mol. The van der Waals surface area contributed by atoms with Crippen LogP contribution < -0.4 is 14.4 Å². The number of fused-ring (bicyclic) bond motifs is 1. The van der Waals surface area contributed by atoms with E-state index in [2.05, 4.69) is 5.32 Å². The van der Waals surface area contributed by atoms with Crippen molar-refractivity contribution in [2.45, 2.75) is 31.6 Å². The molecule has 1 N–H and O–H groups in total. The quantitative estimate of drug-likeness (QED) is 0.586. The van der Waals surface area contributed by atoms with Gasteiger partial charge in [-0.1, -0.05) is 17.7 Å². The molecular weight excluding hydrogens is 424 g/mol. The van der Waals surface area contributed by atoms with E-state index in [4.69, 9.17) is 4.74 Å². The Balaban J connectivity index is 1.55. The highest BCUT2D eigenvalue weighted by atomic mass is 32.2. The fourth-order valence-electron chi connectivity index (χ4n) is 3.80. The molecule has 1 aliphatic heterocycles. The number of rotatable bonds is 6. The Labute approximate surface area is 188 Å². The summed E-state index contributed by atoms with van der Waals surface area (Å²) in [5.41, 5.74) is 3.73. The topological polar surface area (TPSA) is 75.7 Å². The molecule has 1 aliphatic rings. The Morgan fingerprint density at radius 1 is 1.03 bits per heavy atom. The van der Waals surface area contributed by atoms with Gasteiger partial charge in [0.1, 0.15) is 5.75 Å². The zero-order valence-electron chi connectivity index (χ0n) is 18.2. The highest BCUT2D eigenvalue weighted by Crippen LogP contribution is 2.34. The third-order valence-electron chi connectivity index (χ3n) is 5.45. The van der Waals surface area contributed by atoms with Crippen molar-refractivity contribution < 1.29 is 17.9 Å². The van der Waals surface area contributed by atoms with Gasteiger partial charge in [-0.05, 0) is 86.8 Å². The maximum atomic E-state index is 13.2. The van der Waals surface area contributed by atoms with Crippen LogP contribution in [0.1, 0.15) is 34.8 Å². The number of carbonyl (C=O) groups excluding carboxylic acids is 1. The van der Waals surface area contributed by atoms with Gasteiger partial charge >= 0.3 is 0 Å². The molecule has 0 atom stereocenters. The molecule has 7 heteroatoms. The lowest BCUT2D eigenvalue weighted by Crippen LogP contribution is -2.35. The average Bonchev–Trinajstić information content (AvgIpc) is 2.79. The summed E-state index contributed by atoms with van der Waals surface area (Å²) in [4.78, 5) is 12.9. The van der Waals surface area contributed by atoms with Crippen molar-refractivity contribution in [3.63, 3.8) is 0 Å². The predicted molar refractivity (Wildman–Crippen MR) is 126 cm³/mol. The molecule has 32 heavy (non-hydrogen) atoms. The molecule has 6 nitrogen and oxygen atoms in total. The van der Waals surface area contributed by atoms with E-state index in [1.165, 1.54) is 4.31 Å². The molecule has 0 bridgehead atoms. The Morgan fingerprint density at radius 3 is 2.44 bits per heavy atom. The maximum Gasteiger partial charge on any atom is 0.264 e. The van der Waals surface area contributed by atoms with E-state index in [0.29, 0.717) is 42.3 Å². The van der Waals surface area contributed by atoms with E-state index in [1.807, 2.05) is 19.9 Å². The first-order valence-corrected chi connectivity index (χ1v) is 12.1. The first kappa shape index (κ1) is 21.9. The molecule has 4 rings (SSSR count). The Kier molecular flexibility index (Phi) is 6.19. The number of amides is 1. The number of hydrogen-bond donors (Lipinski definition) is 1. The largest absolute Gasteiger partial charge is 0.494 e. The van der Waals surface area contributed by atoms with Gasteiger partial charge in [-0.3, -0.25) is 9.10 Å². The van der Waals surface area contributed by atoms with Crippen molar-refractivity contribution in [3.05, 3.63) is 83.4 Å². The standard InChI is InChI=1S/C25H26N2O4S/c1-3-31-22-11-8-19(9-12-22)25(28)26-21-10-15-24-20(17-21)5-4-16-27(24)32(29,30)23-13-6-18(2)7-14-23/h6-15,17H,3-5,16H2,1-2H3,(H,26,28). The molecule has 0 aromatic heterocycles. The van der Waals surface area contributed by atoms with Gasteiger partial charge in [-0.15, -0.1) is 0 Å². The van der Waals surface area contributed by atoms with Crippen LogP contribution in [-0.2, 0) is 16.4 Å². The molecule has 0 aliphatic carbocycles. The van der Waals surface area contributed by atoms with E-state index < -0.39 is 10.0 Å². The van der Waals surface area contributed by atoms with Gasteiger partial charge in [0, 0.05) is 17.8 Å². The number of nitrogens with one attached hydrogen (secondary N) is 1. The zero-order chi connectivity index (χ0) is 22.7. The minimum atomic E-state index is -3.65. The molecule has 0 saturated heterocycles. The molecule has 0 spiro atoms. The van der Waals surface area contributed by atoms with Crippen LogP contribution in [0.15, 0.2) is 71.6 Å². The highest BCUT2D eigenvalue weighted by Gasteiger charge is 2.29. The van der Waals surface area contributed by atoms with Crippen LogP contribution >= 0.6 is 0 Å². The summed E-state index contributed by atoms with van der Waals surface area (Å²) in [6.07, 6.45) is 1.47. The van der Waals surface area contributed by atoms with Crippen molar-refractivity contribution in [2.24, 2.45) is 0 Å². The number of anilines is 2. The van der Waals surface area contributed by atoms with Crippen LogP contribution in [0.5, 0.6) is 5.75 Å². The van der Waals surface area contributed by atoms with E-state index in [1.54, 1.807) is 60.7 Å². The first-order chi connectivity index (χ1) is 15.4. The smallest absolute Gasteiger partial charge is 0.264 e. The summed E-state index contributed by atoms with van der Waals surface area (Å²) in [5, 5.41) is 2.90. The van der Waals surface area contributed by atoms with Crippen molar-refractivity contribution in [3.8, 4) is 5.75 Å². The second-order valence-corrected chi connectivity index (χ2v) is 9.61. The molecular formula is C25H26N2O4S. The van der Waals surface area contributed by atoms with Crippen LogP contribution in [-0.4, -0.2) is 27.5 Å². The van der Waals surface area contributed by atoms with Gasteiger partial charge in [-0.25, -0.2) is 8.42 Å². The summed E-state index contributed by atoms with van der Waals surface area (Å²) in [6.45, 7) is 4.83. The SMILES string of the molecule is CCOc1ccc(C(=O)Nc2ccc3c(c2)CCCN3S(=O)(=O)c2ccc(C)cc2)cc1. The van der Waals surface area contributed by atoms with Crippen LogP contribution in [0.3, 0.4) is 0 Å². The maximum absolute atomic E-state index is 13.2. The molecule has 1 heterocycles. The molecule has 0 fully saturated rings.